The first-order valence-corrected chi connectivity index (χ1v) is 25.5. The molecule has 2 atom stereocenters. The Morgan fingerprint density at radius 3 is 1.74 bits per heavy atom. The number of hydrogen-bond donors (Lipinski definition) is 3. The van der Waals surface area contributed by atoms with Gasteiger partial charge in [0.2, 0.25) is 17.8 Å². The van der Waals surface area contributed by atoms with Crippen LogP contribution in [0.2, 0.25) is 0 Å². The van der Waals surface area contributed by atoms with Gasteiger partial charge in [0.15, 0.2) is 17.0 Å². The highest BCUT2D eigenvalue weighted by molar-refractivity contribution is 5.88. The van der Waals surface area contributed by atoms with E-state index in [1.54, 1.807) is 27.5 Å². The molecule has 5 heterocycles. The molecule has 0 aliphatic carbocycles. The largest absolute Gasteiger partial charge is 0.478 e. The van der Waals surface area contributed by atoms with Crippen LogP contribution in [0.15, 0.2) is 25.2 Å². The number of carbonyl (C=O) groups is 5. The molecule has 0 unspecified atom stereocenters. The van der Waals surface area contributed by atoms with Gasteiger partial charge in [0.1, 0.15) is 28.7 Å². The van der Waals surface area contributed by atoms with Crippen LogP contribution >= 0.6 is 0 Å². The van der Waals surface area contributed by atoms with Crippen LogP contribution in [0.25, 0.3) is 11.2 Å². The van der Waals surface area contributed by atoms with Crippen molar-refractivity contribution in [3.8, 4) is 5.88 Å². The Morgan fingerprint density at radius 1 is 0.743 bits per heavy atom. The second-order valence-corrected chi connectivity index (χ2v) is 21.9. The third-order valence-corrected chi connectivity index (χ3v) is 11.8. The Balaban J connectivity index is 1.18. The van der Waals surface area contributed by atoms with E-state index in [-0.39, 0.29) is 69.0 Å². The van der Waals surface area contributed by atoms with E-state index in [0.29, 0.717) is 94.0 Å². The first-order valence-electron chi connectivity index (χ1n) is 25.5. The Morgan fingerprint density at radius 2 is 1.26 bits per heavy atom. The zero-order valence-corrected chi connectivity index (χ0v) is 45.5. The molecule has 2 fully saturated rings. The number of aryl methyl sites for hydroxylation is 2. The Labute approximate surface area is 434 Å². The molecule has 3 N–H and O–H groups in total. The van der Waals surface area contributed by atoms with E-state index < -0.39 is 34.9 Å². The van der Waals surface area contributed by atoms with Gasteiger partial charge >= 0.3 is 17.9 Å². The second-order valence-electron chi connectivity index (χ2n) is 21.9. The SMILES string of the molecule is C=CC(=O)N[C@@H]1CN(c2nc(Nc3cn(CCCCCNC(=O)CN4CCN(CC(=O)OC(C)(C)C)CCN(CC(=O)OC(C)(C)C)CCN(CC(=O)OC(C)(C)C)CC4)nc3OC)c3ncn(C)c3n2)C[C@H]1F. The molecule has 24 heteroatoms. The quantitative estimate of drug-likeness (QED) is 0.0639. The highest BCUT2D eigenvalue weighted by atomic mass is 19.1. The van der Waals surface area contributed by atoms with Gasteiger partial charge in [0.25, 0.3) is 5.88 Å². The molecule has 3 aromatic rings. The lowest BCUT2D eigenvalue weighted by Crippen LogP contribution is -2.50. The van der Waals surface area contributed by atoms with Crippen molar-refractivity contribution in [2.24, 2.45) is 7.05 Å². The lowest BCUT2D eigenvalue weighted by Gasteiger charge is -2.34. The molecule has 2 aliphatic heterocycles. The number of ether oxygens (including phenoxy) is 4. The van der Waals surface area contributed by atoms with Gasteiger partial charge in [0.05, 0.1) is 58.4 Å². The topological polar surface area (TPSA) is 236 Å². The van der Waals surface area contributed by atoms with E-state index in [0.717, 1.165) is 25.3 Å². The van der Waals surface area contributed by atoms with Gasteiger partial charge in [-0.25, -0.2) is 9.37 Å². The number of nitrogens with one attached hydrogen (secondary N) is 3. The van der Waals surface area contributed by atoms with Gasteiger partial charge in [-0.1, -0.05) is 6.58 Å². The Kier molecular flexibility index (Phi) is 21.1. The van der Waals surface area contributed by atoms with E-state index in [2.05, 4.69) is 37.6 Å². The molecule has 0 spiro atoms. The van der Waals surface area contributed by atoms with Gasteiger partial charge in [-0.3, -0.25) is 48.3 Å². The summed E-state index contributed by atoms with van der Waals surface area (Å²) in [7, 11) is 3.32. The van der Waals surface area contributed by atoms with Gasteiger partial charge in [-0.15, -0.1) is 5.10 Å². The summed E-state index contributed by atoms with van der Waals surface area (Å²) in [6.45, 7) is 24.8. The molecule has 2 aliphatic rings. The number of hydrogen-bond acceptors (Lipinski definition) is 19. The van der Waals surface area contributed by atoms with Crippen molar-refractivity contribution in [1.82, 2.24) is 59.5 Å². The number of amides is 2. The van der Waals surface area contributed by atoms with Crippen LogP contribution in [0, 0.1) is 0 Å². The van der Waals surface area contributed by atoms with E-state index in [1.165, 1.54) is 7.11 Å². The number of imidazole rings is 1. The van der Waals surface area contributed by atoms with Crippen molar-refractivity contribution in [1.29, 1.82) is 0 Å². The second kappa shape index (κ2) is 26.5. The number of nitrogens with zero attached hydrogens (tertiary/aromatic N) is 11. The highest BCUT2D eigenvalue weighted by Gasteiger charge is 2.36. The van der Waals surface area contributed by atoms with E-state index in [1.807, 2.05) is 88.1 Å². The van der Waals surface area contributed by atoms with Crippen LogP contribution in [0.1, 0.15) is 81.6 Å². The molecule has 0 aromatic carbocycles. The molecule has 412 valence electrons. The number of fused-ring (bicyclic) bond motifs is 1. The van der Waals surface area contributed by atoms with Crippen LogP contribution in [0.3, 0.4) is 0 Å². The van der Waals surface area contributed by atoms with Crippen molar-refractivity contribution >= 4 is 58.3 Å². The number of unbranched alkanes of at least 4 members (excludes halogenated alkanes) is 2. The maximum absolute atomic E-state index is 15.0. The van der Waals surface area contributed by atoms with Crippen molar-refractivity contribution < 1.29 is 47.3 Å². The molecule has 3 aromatic heterocycles. The number of methoxy groups -OCH3 is 1. The number of esters is 3. The lowest BCUT2D eigenvalue weighted by atomic mass is 10.2. The minimum Gasteiger partial charge on any atom is -0.478 e. The van der Waals surface area contributed by atoms with Crippen LogP contribution in [0.4, 0.5) is 21.8 Å². The Hall–Kier alpha value is -5.98. The summed E-state index contributed by atoms with van der Waals surface area (Å²) in [4.78, 5) is 88.3. The van der Waals surface area contributed by atoms with Crippen LogP contribution < -0.4 is 25.6 Å². The summed E-state index contributed by atoms with van der Waals surface area (Å²) in [6.07, 6.45) is 5.48. The first kappa shape index (κ1) is 58.9. The average molecular weight is 1040 g/mol. The average Bonchev–Trinajstić information content (AvgIpc) is 3.98. The molecule has 5 rings (SSSR count). The minimum absolute atomic E-state index is 0.00947. The third-order valence-electron chi connectivity index (χ3n) is 11.8. The normalized spacial score (nSPS) is 18.3. The molecule has 23 nitrogen and oxygen atoms in total. The first-order chi connectivity index (χ1) is 34.8. The number of aromatic nitrogens is 6. The van der Waals surface area contributed by atoms with Crippen molar-refractivity contribution in [2.45, 2.75) is 117 Å². The zero-order chi connectivity index (χ0) is 54.4. The highest BCUT2D eigenvalue weighted by Crippen LogP contribution is 2.31. The molecule has 2 saturated heterocycles. The number of carbonyl (C=O) groups excluding carboxylic acids is 5. The third kappa shape index (κ3) is 19.7. The molecular weight excluding hydrogens is 960 g/mol. The fourth-order valence-corrected chi connectivity index (χ4v) is 8.35. The smallest absolute Gasteiger partial charge is 0.320 e. The predicted octanol–water partition coefficient (Wildman–Crippen LogP) is 2.67. The van der Waals surface area contributed by atoms with Crippen LogP contribution in [0.5, 0.6) is 5.88 Å². The van der Waals surface area contributed by atoms with Crippen LogP contribution in [-0.2, 0) is 51.8 Å². The summed E-state index contributed by atoms with van der Waals surface area (Å²) in [6, 6.07) is -0.747. The number of anilines is 3. The van der Waals surface area contributed by atoms with Crippen LogP contribution in [-0.4, -0.2) is 213 Å². The maximum Gasteiger partial charge on any atom is 0.320 e. The van der Waals surface area contributed by atoms with E-state index in [9.17, 15) is 24.0 Å². The summed E-state index contributed by atoms with van der Waals surface area (Å²) < 4.78 is 41.1. The summed E-state index contributed by atoms with van der Waals surface area (Å²) >= 11 is 0. The van der Waals surface area contributed by atoms with Gasteiger partial charge < -0.3 is 44.4 Å². The van der Waals surface area contributed by atoms with E-state index >= 15 is 4.39 Å². The molecule has 0 bridgehead atoms. The predicted molar refractivity (Wildman–Crippen MR) is 278 cm³/mol. The zero-order valence-electron chi connectivity index (χ0n) is 45.5. The minimum atomic E-state index is -1.33. The number of alkyl halides is 1. The number of rotatable bonds is 20. The molecule has 74 heavy (non-hydrogen) atoms. The maximum atomic E-state index is 15.0. The fraction of sp³-hybridized carbons (Fsp3) is 0.700. The lowest BCUT2D eigenvalue weighted by molar-refractivity contribution is -0.158. The van der Waals surface area contributed by atoms with Crippen molar-refractivity contribution in [3.05, 3.63) is 25.2 Å². The standard InChI is InChI=1S/C50H81FN14O9/c1-13-38(66)54-36-28-64(27-35(36)51)47-56-44(43-45(57-47)59(11)34-53-43)55-37-29-65(58-46(37)71-12)18-16-14-15-17-52-39(67)30-60-19-21-61(31-40(68)72-48(2,3)4)23-25-63(33-42(70)74-50(8,9)10)26-24-62(22-20-60)32-41(69)73-49(5,6)7/h13,29,34-36H,1,14-28,30-33H2,2-12H3,(H,52,67)(H,54,66)(H,55,56,57)/t35-,36-/m1/s1. The Bertz CT molecular complexity index is 2330. The number of halogens is 1. The monoisotopic (exact) mass is 1040 g/mol. The van der Waals surface area contributed by atoms with E-state index in [4.69, 9.17) is 23.9 Å². The summed E-state index contributed by atoms with van der Waals surface area (Å²) in [5, 5.41) is 13.6. The molecular formula is C50H81FN14O9. The van der Waals surface area contributed by atoms with Crippen molar-refractivity contribution in [3.63, 3.8) is 0 Å². The van der Waals surface area contributed by atoms with Gasteiger partial charge in [-0.2, -0.15) is 9.97 Å². The summed E-state index contributed by atoms with van der Waals surface area (Å²) in [5.41, 5.74) is -0.431. The molecule has 0 radical (unpaired) electrons. The van der Waals surface area contributed by atoms with Gasteiger partial charge in [-0.05, 0) is 87.7 Å². The molecule has 0 saturated carbocycles. The fourth-order valence-electron chi connectivity index (χ4n) is 8.35. The van der Waals surface area contributed by atoms with Crippen molar-refractivity contribution in [2.75, 3.05) is 115 Å². The van der Waals surface area contributed by atoms with Gasteiger partial charge in [0, 0.05) is 79.0 Å². The molecule has 2 amide bonds. The summed E-state index contributed by atoms with van der Waals surface area (Å²) in [5.74, 6) is -0.720.